The van der Waals surface area contributed by atoms with Crippen LogP contribution >= 0.6 is 0 Å². The fourth-order valence-corrected chi connectivity index (χ4v) is 2.95. The van der Waals surface area contributed by atoms with Crippen molar-refractivity contribution in [1.29, 1.82) is 0 Å². The van der Waals surface area contributed by atoms with Crippen LogP contribution in [0.25, 0.3) is 0 Å². The first-order valence-electron chi connectivity index (χ1n) is 8.30. The number of nitrogens with zero attached hydrogens (tertiary/aromatic N) is 3. The van der Waals surface area contributed by atoms with Crippen molar-refractivity contribution in [1.82, 2.24) is 9.97 Å². The van der Waals surface area contributed by atoms with Gasteiger partial charge < -0.3 is 10.2 Å². The van der Waals surface area contributed by atoms with Crippen LogP contribution in [0.2, 0.25) is 0 Å². The molecule has 0 bridgehead atoms. The molecule has 5 heteroatoms. The molecule has 1 N–H and O–H groups in total. The minimum Gasteiger partial charge on any atom is -0.370 e. The van der Waals surface area contributed by atoms with E-state index >= 15 is 0 Å². The lowest BCUT2D eigenvalue weighted by atomic mass is 10.1. The van der Waals surface area contributed by atoms with Gasteiger partial charge in [-0.15, -0.1) is 0 Å². The summed E-state index contributed by atoms with van der Waals surface area (Å²) in [6, 6.07) is 8.90. The molecule has 0 unspecified atom stereocenters. The summed E-state index contributed by atoms with van der Waals surface area (Å²) in [5.74, 6) is 2.42. The van der Waals surface area contributed by atoms with Crippen molar-refractivity contribution in [3.8, 4) is 0 Å². The Labute approximate surface area is 136 Å². The summed E-state index contributed by atoms with van der Waals surface area (Å²) in [4.78, 5) is 11.3. The lowest BCUT2D eigenvalue weighted by molar-refractivity contribution is 0.572. The molecule has 1 aliphatic rings. The van der Waals surface area contributed by atoms with Gasteiger partial charge in [-0.25, -0.2) is 14.4 Å². The van der Waals surface area contributed by atoms with Crippen LogP contribution in [-0.2, 0) is 6.42 Å². The molecule has 2 heterocycles. The minimum atomic E-state index is -0.151. The van der Waals surface area contributed by atoms with Gasteiger partial charge in [0.2, 0.25) is 0 Å². The first-order chi connectivity index (χ1) is 11.2. The van der Waals surface area contributed by atoms with Crippen LogP contribution in [0.1, 0.15) is 30.7 Å². The van der Waals surface area contributed by atoms with Crippen LogP contribution in [0.15, 0.2) is 30.3 Å². The largest absolute Gasteiger partial charge is 0.370 e. The van der Waals surface area contributed by atoms with Crippen molar-refractivity contribution >= 4 is 11.6 Å². The van der Waals surface area contributed by atoms with E-state index in [0.717, 1.165) is 36.1 Å². The Morgan fingerprint density at radius 2 is 1.91 bits per heavy atom. The quantitative estimate of drug-likeness (QED) is 0.916. The lowest BCUT2D eigenvalue weighted by Gasteiger charge is -2.28. The molecule has 122 valence electrons. The Bertz CT molecular complexity index is 653. The third-order valence-electron chi connectivity index (χ3n) is 4.16. The predicted octanol–water partition coefficient (Wildman–Crippen LogP) is 3.57. The smallest absolute Gasteiger partial charge is 0.134 e. The van der Waals surface area contributed by atoms with E-state index in [9.17, 15) is 4.39 Å². The van der Waals surface area contributed by atoms with E-state index in [1.165, 1.54) is 25.3 Å². The topological polar surface area (TPSA) is 41.1 Å². The Hall–Kier alpha value is -2.17. The summed E-state index contributed by atoms with van der Waals surface area (Å²) in [5, 5.41) is 3.30. The maximum Gasteiger partial charge on any atom is 0.134 e. The SMILES string of the molecule is Cc1nc(NCCc2ccccc2F)cc(N2CCCCC2)n1. The van der Waals surface area contributed by atoms with Gasteiger partial charge in [-0.1, -0.05) is 18.2 Å². The molecule has 1 aliphatic heterocycles. The average Bonchev–Trinajstić information content (AvgIpc) is 2.57. The number of aryl methyl sites for hydroxylation is 1. The molecule has 0 saturated carbocycles. The van der Waals surface area contributed by atoms with E-state index in [-0.39, 0.29) is 5.82 Å². The number of rotatable bonds is 5. The third-order valence-corrected chi connectivity index (χ3v) is 4.16. The number of hydrogen-bond donors (Lipinski definition) is 1. The molecule has 1 fully saturated rings. The monoisotopic (exact) mass is 314 g/mol. The van der Waals surface area contributed by atoms with Gasteiger partial charge in [0.1, 0.15) is 23.3 Å². The summed E-state index contributed by atoms with van der Waals surface area (Å²) in [7, 11) is 0. The Kier molecular flexibility index (Phi) is 5.05. The summed E-state index contributed by atoms with van der Waals surface area (Å²) in [5.41, 5.74) is 0.724. The number of anilines is 2. The molecule has 23 heavy (non-hydrogen) atoms. The maximum absolute atomic E-state index is 13.6. The van der Waals surface area contributed by atoms with E-state index in [1.54, 1.807) is 6.07 Å². The standard InChI is InChI=1S/C18H23FN4/c1-14-21-17(13-18(22-14)23-11-5-2-6-12-23)20-10-9-15-7-3-4-8-16(15)19/h3-4,7-8,13H,2,5-6,9-12H2,1H3,(H,20,21,22). The van der Waals surface area contributed by atoms with E-state index in [2.05, 4.69) is 20.2 Å². The third kappa shape index (κ3) is 4.18. The van der Waals surface area contributed by atoms with Crippen molar-refractivity contribution in [2.24, 2.45) is 0 Å². The zero-order chi connectivity index (χ0) is 16.1. The normalized spacial score (nSPS) is 14.8. The van der Waals surface area contributed by atoms with E-state index in [0.29, 0.717) is 13.0 Å². The van der Waals surface area contributed by atoms with Crippen molar-refractivity contribution in [3.05, 3.63) is 47.5 Å². The number of benzene rings is 1. The molecular weight excluding hydrogens is 291 g/mol. The van der Waals surface area contributed by atoms with Crippen LogP contribution in [-0.4, -0.2) is 29.6 Å². The summed E-state index contributed by atoms with van der Waals surface area (Å²) >= 11 is 0. The summed E-state index contributed by atoms with van der Waals surface area (Å²) in [6.45, 7) is 4.68. The van der Waals surface area contributed by atoms with Crippen LogP contribution in [0.5, 0.6) is 0 Å². The highest BCUT2D eigenvalue weighted by molar-refractivity contribution is 5.49. The fourth-order valence-electron chi connectivity index (χ4n) is 2.95. The highest BCUT2D eigenvalue weighted by Crippen LogP contribution is 2.20. The molecule has 3 rings (SSSR count). The fraction of sp³-hybridized carbons (Fsp3) is 0.444. The molecule has 0 aliphatic carbocycles. The average molecular weight is 314 g/mol. The number of aromatic nitrogens is 2. The van der Waals surface area contributed by atoms with Gasteiger partial charge in [-0.05, 0) is 44.2 Å². The van der Waals surface area contributed by atoms with Crippen LogP contribution in [0.4, 0.5) is 16.0 Å². The number of piperidine rings is 1. The molecule has 0 spiro atoms. The van der Waals surface area contributed by atoms with Gasteiger partial charge in [0, 0.05) is 25.7 Å². The Morgan fingerprint density at radius 1 is 1.13 bits per heavy atom. The molecule has 0 radical (unpaired) electrons. The van der Waals surface area contributed by atoms with Gasteiger partial charge in [0.15, 0.2) is 0 Å². The lowest BCUT2D eigenvalue weighted by Crippen LogP contribution is -2.30. The van der Waals surface area contributed by atoms with Gasteiger partial charge in [-0.2, -0.15) is 0 Å². The van der Waals surface area contributed by atoms with Gasteiger partial charge in [-0.3, -0.25) is 0 Å². The zero-order valence-electron chi connectivity index (χ0n) is 13.6. The summed E-state index contributed by atoms with van der Waals surface area (Å²) < 4.78 is 13.6. The summed E-state index contributed by atoms with van der Waals surface area (Å²) in [6.07, 6.45) is 4.38. The van der Waals surface area contributed by atoms with Gasteiger partial charge in [0.25, 0.3) is 0 Å². The molecule has 2 aromatic rings. The van der Waals surface area contributed by atoms with Gasteiger partial charge >= 0.3 is 0 Å². The Balaban J connectivity index is 1.63. The van der Waals surface area contributed by atoms with Crippen LogP contribution in [0.3, 0.4) is 0 Å². The molecule has 1 saturated heterocycles. The molecule has 1 aromatic carbocycles. The van der Waals surface area contributed by atoms with Crippen molar-refractivity contribution in [3.63, 3.8) is 0 Å². The highest BCUT2D eigenvalue weighted by Gasteiger charge is 2.13. The molecule has 4 nitrogen and oxygen atoms in total. The number of halogens is 1. The van der Waals surface area contributed by atoms with E-state index in [4.69, 9.17) is 0 Å². The molecule has 0 atom stereocenters. The predicted molar refractivity (Wildman–Crippen MR) is 91.4 cm³/mol. The minimum absolute atomic E-state index is 0.151. The maximum atomic E-state index is 13.6. The van der Waals surface area contributed by atoms with Crippen LogP contribution in [0, 0.1) is 12.7 Å². The van der Waals surface area contributed by atoms with E-state index < -0.39 is 0 Å². The first kappa shape index (κ1) is 15.7. The van der Waals surface area contributed by atoms with Crippen molar-refractivity contribution in [2.45, 2.75) is 32.6 Å². The highest BCUT2D eigenvalue weighted by atomic mass is 19.1. The second-order valence-electron chi connectivity index (χ2n) is 5.97. The molecular formula is C18H23FN4. The first-order valence-corrected chi connectivity index (χ1v) is 8.30. The van der Waals surface area contributed by atoms with Crippen molar-refractivity contribution in [2.75, 3.05) is 29.9 Å². The molecule has 1 aromatic heterocycles. The van der Waals surface area contributed by atoms with E-state index in [1.807, 2.05) is 25.1 Å². The van der Waals surface area contributed by atoms with Crippen molar-refractivity contribution < 1.29 is 4.39 Å². The second-order valence-corrected chi connectivity index (χ2v) is 5.97. The molecule has 0 amide bonds. The van der Waals surface area contributed by atoms with Gasteiger partial charge in [0.05, 0.1) is 0 Å². The zero-order valence-corrected chi connectivity index (χ0v) is 13.6. The second kappa shape index (κ2) is 7.40. The number of nitrogens with one attached hydrogen (secondary N) is 1. The van der Waals surface area contributed by atoms with Crippen LogP contribution < -0.4 is 10.2 Å². The number of hydrogen-bond acceptors (Lipinski definition) is 4. The Morgan fingerprint density at radius 3 is 2.70 bits per heavy atom.